The minimum Gasteiger partial charge on any atom is -0.481 e. The Kier molecular flexibility index (Phi) is 7.17. The van der Waals surface area contributed by atoms with Crippen LogP contribution in [0.25, 0.3) is 0 Å². The monoisotopic (exact) mass is 501 g/mol. The minimum atomic E-state index is -0.341. The molecule has 1 saturated heterocycles. The molecular weight excluding hydrogens is 476 g/mol. The molecule has 0 N–H and O–H groups in total. The summed E-state index contributed by atoms with van der Waals surface area (Å²) in [5.41, 5.74) is 3.26. The van der Waals surface area contributed by atoms with Crippen molar-refractivity contribution in [2.24, 2.45) is 0 Å². The van der Waals surface area contributed by atoms with Crippen molar-refractivity contribution in [2.45, 2.75) is 48.5 Å². The first-order valence-corrected chi connectivity index (χ1v) is 13.2. The van der Waals surface area contributed by atoms with Gasteiger partial charge >= 0.3 is 0 Å². The third kappa shape index (κ3) is 5.19. The van der Waals surface area contributed by atoms with Gasteiger partial charge in [-0.2, -0.15) is 0 Å². The van der Waals surface area contributed by atoms with E-state index in [0.29, 0.717) is 10.0 Å². The molecule has 2 aliphatic rings. The molecule has 1 heterocycles. The highest BCUT2D eigenvalue weighted by Gasteiger charge is 2.40. The molecule has 0 radical (unpaired) electrons. The molecule has 2 atom stereocenters. The summed E-state index contributed by atoms with van der Waals surface area (Å²) >= 11 is 14.5. The molecule has 5 rings (SSSR count). The lowest BCUT2D eigenvalue weighted by Crippen LogP contribution is -2.43. The SMILES string of the molecule is Fc1cc(SCc2ccccc2)ccc1O[C@H]1c2cc(Cl)cc(Cl)c2C[C@@H]1N1CCCCC1. The highest BCUT2D eigenvalue weighted by atomic mass is 35.5. The van der Waals surface area contributed by atoms with Crippen LogP contribution in [0, 0.1) is 5.82 Å². The third-order valence-electron chi connectivity index (χ3n) is 6.53. The van der Waals surface area contributed by atoms with Gasteiger partial charge in [-0.25, -0.2) is 4.39 Å². The van der Waals surface area contributed by atoms with E-state index >= 15 is 4.39 Å². The first kappa shape index (κ1) is 23.0. The molecular formula is C27H26Cl2FNOS. The highest BCUT2D eigenvalue weighted by molar-refractivity contribution is 7.98. The molecule has 0 saturated carbocycles. The van der Waals surface area contributed by atoms with Gasteiger partial charge in [-0.3, -0.25) is 4.90 Å². The number of hydrogen-bond acceptors (Lipinski definition) is 3. The molecule has 0 unspecified atom stereocenters. The van der Waals surface area contributed by atoms with Crippen LogP contribution in [0.1, 0.15) is 42.1 Å². The fraction of sp³-hybridized carbons (Fsp3) is 0.333. The van der Waals surface area contributed by atoms with Gasteiger partial charge in [-0.1, -0.05) is 60.0 Å². The van der Waals surface area contributed by atoms with Gasteiger partial charge < -0.3 is 4.74 Å². The smallest absolute Gasteiger partial charge is 0.166 e. The van der Waals surface area contributed by atoms with Crippen LogP contribution in [0.2, 0.25) is 10.0 Å². The summed E-state index contributed by atoms with van der Waals surface area (Å²) in [5.74, 6) is 0.729. The Hall–Kier alpha value is -1.72. The first-order valence-electron chi connectivity index (χ1n) is 11.4. The Morgan fingerprint density at radius 2 is 1.76 bits per heavy atom. The zero-order chi connectivity index (χ0) is 22.8. The van der Waals surface area contributed by atoms with Crippen LogP contribution in [0.3, 0.4) is 0 Å². The molecule has 33 heavy (non-hydrogen) atoms. The molecule has 0 spiro atoms. The predicted molar refractivity (Wildman–Crippen MR) is 135 cm³/mol. The average molecular weight is 502 g/mol. The van der Waals surface area contributed by atoms with Crippen LogP contribution in [-0.4, -0.2) is 24.0 Å². The Bertz CT molecular complexity index is 1120. The maximum absolute atomic E-state index is 15.1. The summed E-state index contributed by atoms with van der Waals surface area (Å²) in [4.78, 5) is 3.36. The summed E-state index contributed by atoms with van der Waals surface area (Å²) in [5, 5.41) is 1.25. The van der Waals surface area contributed by atoms with E-state index in [9.17, 15) is 0 Å². The number of benzene rings is 3. The van der Waals surface area contributed by atoms with Crippen molar-refractivity contribution in [3.63, 3.8) is 0 Å². The number of hydrogen-bond donors (Lipinski definition) is 0. The number of nitrogens with zero attached hydrogens (tertiary/aromatic N) is 1. The summed E-state index contributed by atoms with van der Waals surface area (Å²) in [6, 6.07) is 19.3. The van der Waals surface area contributed by atoms with E-state index in [1.54, 1.807) is 30.0 Å². The van der Waals surface area contributed by atoms with Crippen LogP contribution in [0.5, 0.6) is 5.75 Å². The fourth-order valence-corrected chi connectivity index (χ4v) is 6.34. The average Bonchev–Trinajstić information content (AvgIpc) is 3.19. The summed E-state index contributed by atoms with van der Waals surface area (Å²) in [6.07, 6.45) is 4.10. The third-order valence-corrected chi connectivity index (χ3v) is 8.15. The maximum atomic E-state index is 15.1. The summed E-state index contributed by atoms with van der Waals surface area (Å²) in [6.45, 7) is 2.06. The molecule has 3 aromatic rings. The van der Waals surface area contributed by atoms with E-state index < -0.39 is 0 Å². The Morgan fingerprint density at radius 1 is 0.970 bits per heavy atom. The Morgan fingerprint density at radius 3 is 2.52 bits per heavy atom. The zero-order valence-electron chi connectivity index (χ0n) is 18.3. The Labute approximate surface area is 209 Å². The van der Waals surface area contributed by atoms with Crippen LogP contribution >= 0.6 is 35.0 Å². The van der Waals surface area contributed by atoms with E-state index in [4.69, 9.17) is 27.9 Å². The van der Waals surface area contributed by atoms with Gasteiger partial charge in [0.25, 0.3) is 0 Å². The van der Waals surface area contributed by atoms with Gasteiger partial charge in [0.05, 0.1) is 6.04 Å². The predicted octanol–water partition coefficient (Wildman–Crippen LogP) is 7.96. The second-order valence-corrected chi connectivity index (χ2v) is 10.6. The molecule has 2 nitrogen and oxygen atoms in total. The topological polar surface area (TPSA) is 12.5 Å². The van der Waals surface area contributed by atoms with Crippen LogP contribution in [0.4, 0.5) is 4.39 Å². The minimum absolute atomic E-state index is 0.128. The van der Waals surface area contributed by atoms with Crippen LogP contribution in [0.15, 0.2) is 65.6 Å². The number of rotatable bonds is 6. The lowest BCUT2D eigenvalue weighted by atomic mass is 10.0. The molecule has 0 amide bonds. The van der Waals surface area contributed by atoms with Crippen molar-refractivity contribution in [1.29, 1.82) is 0 Å². The molecule has 0 aromatic heterocycles. The van der Waals surface area contributed by atoms with Crippen molar-refractivity contribution >= 4 is 35.0 Å². The van der Waals surface area contributed by atoms with Crippen molar-refractivity contribution in [2.75, 3.05) is 13.1 Å². The molecule has 1 fully saturated rings. The van der Waals surface area contributed by atoms with Crippen molar-refractivity contribution in [3.8, 4) is 5.75 Å². The van der Waals surface area contributed by atoms with E-state index in [2.05, 4.69) is 17.0 Å². The fourth-order valence-electron chi connectivity index (χ4n) is 4.87. The number of piperidine rings is 1. The van der Waals surface area contributed by atoms with Crippen molar-refractivity contribution in [3.05, 3.63) is 93.2 Å². The largest absolute Gasteiger partial charge is 0.481 e. The molecule has 6 heteroatoms. The molecule has 172 valence electrons. The standard InChI is InChI=1S/C27H26Cl2FNOS/c28-19-13-22-21(23(29)14-19)16-25(31-11-5-2-6-12-31)27(22)32-26-10-9-20(15-24(26)30)33-17-18-7-3-1-4-8-18/h1,3-4,7-10,13-15,25,27H,2,5-6,11-12,16-17H2/t25-,27-/m0/s1. The lowest BCUT2D eigenvalue weighted by Gasteiger charge is -2.35. The summed E-state index contributed by atoms with van der Waals surface area (Å²) < 4.78 is 21.5. The van der Waals surface area contributed by atoms with Crippen LogP contribution < -0.4 is 4.74 Å². The van der Waals surface area contributed by atoms with Gasteiger partial charge in [0, 0.05) is 26.3 Å². The quantitative estimate of drug-likeness (QED) is 0.318. The second-order valence-electron chi connectivity index (χ2n) is 8.73. The second kappa shape index (κ2) is 10.3. The molecule has 3 aromatic carbocycles. The lowest BCUT2D eigenvalue weighted by molar-refractivity contribution is 0.0623. The maximum Gasteiger partial charge on any atom is 0.166 e. The highest BCUT2D eigenvalue weighted by Crippen LogP contribution is 2.43. The summed E-state index contributed by atoms with van der Waals surface area (Å²) in [7, 11) is 0. The van der Waals surface area contributed by atoms with E-state index in [-0.39, 0.29) is 23.7 Å². The molecule has 1 aliphatic heterocycles. The number of ether oxygens (including phenoxy) is 1. The Balaban J connectivity index is 1.38. The van der Waals surface area contributed by atoms with Crippen molar-refractivity contribution in [1.82, 2.24) is 4.90 Å². The van der Waals surface area contributed by atoms with Gasteiger partial charge in [-0.05, 0) is 73.8 Å². The van der Waals surface area contributed by atoms with Gasteiger partial charge in [0.15, 0.2) is 11.6 Å². The normalized spacial score (nSPS) is 20.6. The first-order chi connectivity index (χ1) is 16.1. The van der Waals surface area contributed by atoms with Gasteiger partial charge in [0.1, 0.15) is 6.10 Å². The zero-order valence-corrected chi connectivity index (χ0v) is 20.6. The number of likely N-dealkylation sites (tertiary alicyclic amines) is 1. The van der Waals surface area contributed by atoms with Crippen molar-refractivity contribution < 1.29 is 9.13 Å². The van der Waals surface area contributed by atoms with Crippen LogP contribution in [-0.2, 0) is 12.2 Å². The number of halogens is 3. The molecule has 1 aliphatic carbocycles. The van der Waals surface area contributed by atoms with Gasteiger partial charge in [0.2, 0.25) is 0 Å². The van der Waals surface area contributed by atoms with Gasteiger partial charge in [-0.15, -0.1) is 11.8 Å². The number of fused-ring (bicyclic) bond motifs is 1. The van der Waals surface area contributed by atoms with E-state index in [1.165, 1.54) is 24.8 Å². The van der Waals surface area contributed by atoms with E-state index in [1.807, 2.05) is 30.3 Å². The molecule has 0 bridgehead atoms. The number of thioether (sulfide) groups is 1. The van der Waals surface area contributed by atoms with E-state index in [0.717, 1.165) is 41.3 Å².